The molecular weight excluding hydrogens is 382 g/mol. The van der Waals surface area contributed by atoms with Crippen LogP contribution in [0.2, 0.25) is 0 Å². The van der Waals surface area contributed by atoms with E-state index in [2.05, 4.69) is 17.1 Å². The van der Waals surface area contributed by atoms with Gasteiger partial charge in [-0.05, 0) is 68.6 Å². The Bertz CT molecular complexity index is 960. The zero-order chi connectivity index (χ0) is 19.2. The number of piperidine rings is 3. The zero-order valence-electron chi connectivity index (χ0n) is 15.1. The molecule has 0 spiro atoms. The molecule has 3 saturated heterocycles. The highest BCUT2D eigenvalue weighted by Gasteiger charge is 2.40. The number of carbonyl (C=O) groups is 1. The maximum Gasteiger partial charge on any atom is 0.261 e. The van der Waals surface area contributed by atoms with E-state index in [0.29, 0.717) is 16.8 Å². The molecular formula is C19H23N3O3S2. The maximum absolute atomic E-state index is 12.8. The Kier molecular flexibility index (Phi) is 4.84. The third kappa shape index (κ3) is 3.67. The lowest BCUT2D eigenvalue weighted by Gasteiger charge is -2.49. The van der Waals surface area contributed by atoms with Crippen LogP contribution in [0.5, 0.6) is 0 Å². The second-order valence-corrected chi connectivity index (χ2v) is 10.00. The van der Waals surface area contributed by atoms with Crippen LogP contribution in [0.4, 0.5) is 0 Å². The molecule has 3 N–H and O–H groups in total. The summed E-state index contributed by atoms with van der Waals surface area (Å²) in [5.74, 6) is 0.499. The number of thiophene rings is 1. The number of benzene rings is 1. The minimum absolute atomic E-state index is 0.0561. The summed E-state index contributed by atoms with van der Waals surface area (Å²) in [5, 5.41) is 8.44. The highest BCUT2D eigenvalue weighted by atomic mass is 32.2. The number of sulfonamides is 1. The van der Waals surface area contributed by atoms with E-state index in [1.165, 1.54) is 23.5 Å². The van der Waals surface area contributed by atoms with Crippen LogP contribution in [0.15, 0.2) is 41.3 Å². The minimum atomic E-state index is -3.75. The van der Waals surface area contributed by atoms with Gasteiger partial charge in [0.1, 0.15) is 0 Å². The Balaban J connectivity index is 1.52. The van der Waals surface area contributed by atoms with Crippen molar-refractivity contribution >= 4 is 27.3 Å². The fourth-order valence-corrected chi connectivity index (χ4v) is 5.67. The zero-order valence-corrected chi connectivity index (χ0v) is 16.7. The molecule has 3 fully saturated rings. The Hall–Kier alpha value is -1.74. The summed E-state index contributed by atoms with van der Waals surface area (Å²) in [4.78, 5) is 16.8. The molecule has 6 nitrogen and oxygen atoms in total. The van der Waals surface area contributed by atoms with E-state index < -0.39 is 10.0 Å². The predicted octanol–water partition coefficient (Wildman–Crippen LogP) is 2.28. The highest BCUT2D eigenvalue weighted by Crippen LogP contribution is 2.33. The number of primary sulfonamides is 1. The first kappa shape index (κ1) is 18.6. The van der Waals surface area contributed by atoms with Crippen LogP contribution in [0.3, 0.4) is 0 Å². The van der Waals surface area contributed by atoms with Gasteiger partial charge < -0.3 is 5.32 Å². The van der Waals surface area contributed by atoms with Crippen LogP contribution in [0, 0.1) is 5.92 Å². The number of nitrogens with one attached hydrogen (secondary N) is 1. The topological polar surface area (TPSA) is 92.5 Å². The Labute approximate surface area is 163 Å². The van der Waals surface area contributed by atoms with E-state index in [1.54, 1.807) is 12.1 Å². The summed E-state index contributed by atoms with van der Waals surface area (Å²) < 4.78 is 23.1. The van der Waals surface area contributed by atoms with E-state index >= 15 is 0 Å². The SMILES string of the molecule is C[C@H]1[C@H](NC(=O)c2ccc(-c3cccc(S(N)(=O)=O)c3)s2)C2CCN1CC2. The van der Waals surface area contributed by atoms with E-state index in [-0.39, 0.29) is 16.8 Å². The van der Waals surface area contributed by atoms with Gasteiger partial charge in [0.2, 0.25) is 10.0 Å². The number of nitrogens with two attached hydrogens (primary N) is 1. The molecule has 2 aromatic rings. The molecule has 3 aliphatic rings. The van der Waals surface area contributed by atoms with Crippen molar-refractivity contribution in [3.8, 4) is 10.4 Å². The fraction of sp³-hybridized carbons (Fsp3) is 0.421. The summed E-state index contributed by atoms with van der Waals surface area (Å²) in [6.07, 6.45) is 2.29. The first-order valence-corrected chi connectivity index (χ1v) is 11.5. The van der Waals surface area contributed by atoms with Gasteiger partial charge in [0.15, 0.2) is 0 Å². The lowest BCUT2D eigenvalue weighted by molar-refractivity contribution is 0.0218. The number of hydrogen-bond donors (Lipinski definition) is 2. The van der Waals surface area contributed by atoms with Crippen molar-refractivity contribution in [1.29, 1.82) is 0 Å². The van der Waals surface area contributed by atoms with Crippen molar-refractivity contribution in [2.75, 3.05) is 13.1 Å². The number of amides is 1. The normalized spacial score (nSPS) is 27.5. The van der Waals surface area contributed by atoms with E-state index in [1.807, 2.05) is 12.1 Å². The molecule has 5 rings (SSSR count). The van der Waals surface area contributed by atoms with Gasteiger partial charge in [-0.15, -0.1) is 11.3 Å². The number of carbonyl (C=O) groups excluding carboxylic acids is 1. The van der Waals surface area contributed by atoms with E-state index in [0.717, 1.165) is 36.4 Å². The summed E-state index contributed by atoms with van der Waals surface area (Å²) in [6, 6.07) is 10.7. The first-order chi connectivity index (χ1) is 12.8. The van der Waals surface area contributed by atoms with Crippen molar-refractivity contribution in [3.63, 3.8) is 0 Å². The van der Waals surface area contributed by atoms with Crippen molar-refractivity contribution in [3.05, 3.63) is 41.3 Å². The van der Waals surface area contributed by atoms with Gasteiger partial charge in [-0.2, -0.15) is 0 Å². The second kappa shape index (κ2) is 7.01. The molecule has 2 atom stereocenters. The van der Waals surface area contributed by atoms with Crippen molar-refractivity contribution in [1.82, 2.24) is 10.2 Å². The minimum Gasteiger partial charge on any atom is -0.347 e. The average Bonchev–Trinajstić information content (AvgIpc) is 3.15. The molecule has 1 aromatic heterocycles. The van der Waals surface area contributed by atoms with Gasteiger partial charge in [-0.1, -0.05) is 12.1 Å². The second-order valence-electron chi connectivity index (χ2n) is 7.35. The van der Waals surface area contributed by atoms with Gasteiger partial charge in [0.25, 0.3) is 5.91 Å². The van der Waals surface area contributed by atoms with Crippen LogP contribution in [-0.4, -0.2) is 44.4 Å². The third-order valence-corrected chi connectivity index (χ3v) is 7.80. The summed E-state index contributed by atoms with van der Waals surface area (Å²) >= 11 is 1.36. The largest absolute Gasteiger partial charge is 0.347 e. The highest BCUT2D eigenvalue weighted by molar-refractivity contribution is 7.89. The van der Waals surface area contributed by atoms with Gasteiger partial charge in [0.05, 0.1) is 9.77 Å². The summed E-state index contributed by atoms with van der Waals surface area (Å²) in [5.41, 5.74) is 0.738. The molecule has 0 unspecified atom stereocenters. The molecule has 27 heavy (non-hydrogen) atoms. The number of hydrogen-bond acceptors (Lipinski definition) is 5. The molecule has 0 saturated carbocycles. The predicted molar refractivity (Wildman–Crippen MR) is 106 cm³/mol. The van der Waals surface area contributed by atoms with Crippen LogP contribution < -0.4 is 10.5 Å². The van der Waals surface area contributed by atoms with Crippen molar-refractivity contribution < 1.29 is 13.2 Å². The van der Waals surface area contributed by atoms with Gasteiger partial charge in [-0.25, -0.2) is 13.6 Å². The van der Waals surface area contributed by atoms with Gasteiger partial charge in [0, 0.05) is 17.0 Å². The molecule has 0 aliphatic carbocycles. The molecule has 2 bridgehead atoms. The Morgan fingerprint density at radius 2 is 1.96 bits per heavy atom. The average molecular weight is 406 g/mol. The number of fused-ring (bicyclic) bond motifs is 3. The van der Waals surface area contributed by atoms with Crippen LogP contribution in [0.1, 0.15) is 29.4 Å². The van der Waals surface area contributed by atoms with Crippen molar-refractivity contribution in [2.45, 2.75) is 36.7 Å². The monoisotopic (exact) mass is 405 g/mol. The molecule has 8 heteroatoms. The van der Waals surface area contributed by atoms with E-state index in [4.69, 9.17) is 5.14 Å². The molecule has 0 radical (unpaired) electrons. The molecule has 144 valence electrons. The third-order valence-electron chi connectivity index (χ3n) is 5.75. The lowest BCUT2D eigenvalue weighted by Crippen LogP contribution is -2.62. The van der Waals surface area contributed by atoms with Crippen LogP contribution in [0.25, 0.3) is 10.4 Å². The van der Waals surface area contributed by atoms with E-state index in [9.17, 15) is 13.2 Å². The first-order valence-electron chi connectivity index (χ1n) is 9.11. The lowest BCUT2D eigenvalue weighted by atomic mass is 9.79. The fourth-order valence-electron chi connectivity index (χ4n) is 4.21. The van der Waals surface area contributed by atoms with Crippen molar-refractivity contribution in [2.24, 2.45) is 11.1 Å². The summed E-state index contributed by atoms with van der Waals surface area (Å²) in [6.45, 7) is 4.44. The van der Waals surface area contributed by atoms with Crippen LogP contribution >= 0.6 is 11.3 Å². The Morgan fingerprint density at radius 1 is 1.22 bits per heavy atom. The quantitative estimate of drug-likeness (QED) is 0.816. The smallest absolute Gasteiger partial charge is 0.261 e. The Morgan fingerprint density at radius 3 is 2.63 bits per heavy atom. The maximum atomic E-state index is 12.8. The standard InChI is InChI=1S/C19H23N3O3S2/c1-12-18(13-7-9-22(12)10-8-13)21-19(23)17-6-5-16(26-17)14-3-2-4-15(11-14)27(20,24)25/h2-6,11-13,18H,7-10H2,1H3,(H,21,23)(H2,20,24,25)/t12-,18-/m0/s1. The molecule has 4 heterocycles. The molecule has 1 amide bonds. The number of rotatable bonds is 4. The van der Waals surface area contributed by atoms with Gasteiger partial charge in [-0.3, -0.25) is 9.69 Å². The summed E-state index contributed by atoms with van der Waals surface area (Å²) in [7, 11) is -3.75. The number of nitrogens with zero attached hydrogens (tertiary/aromatic N) is 1. The molecule has 1 aromatic carbocycles. The van der Waals surface area contributed by atoms with Gasteiger partial charge >= 0.3 is 0 Å². The van der Waals surface area contributed by atoms with Crippen LogP contribution in [-0.2, 0) is 10.0 Å². The molecule has 3 aliphatic heterocycles.